The lowest BCUT2D eigenvalue weighted by Gasteiger charge is -2.31. The minimum absolute atomic E-state index is 0.0162. The molecule has 0 aromatic heterocycles. The van der Waals surface area contributed by atoms with Gasteiger partial charge in [-0.25, -0.2) is 4.57 Å². The van der Waals surface area contributed by atoms with E-state index in [1.807, 2.05) is 0 Å². The van der Waals surface area contributed by atoms with Crippen LogP contribution in [0.15, 0.2) is 47.4 Å². The van der Waals surface area contributed by atoms with Gasteiger partial charge in [0.05, 0.1) is 0 Å². The molecular formula is C15H17O7PS. The molecule has 24 heavy (non-hydrogen) atoms. The maximum Gasteiger partial charge on any atom is 0.388 e. The van der Waals surface area contributed by atoms with Crippen LogP contribution in [-0.2, 0) is 10.4 Å². The maximum absolute atomic E-state index is 11.2. The van der Waals surface area contributed by atoms with Crippen LogP contribution >= 0.6 is 18.2 Å². The third-order valence-corrected chi connectivity index (χ3v) is 5.67. The summed E-state index contributed by atoms with van der Waals surface area (Å²) in [5.41, 5.74) is 0.254. The first kappa shape index (κ1) is 18.8. The molecule has 7 nitrogen and oxygen atoms in total. The number of hydrogen-bond donors (Lipinski definition) is 6. The maximum atomic E-state index is 11.2. The third-order valence-electron chi connectivity index (χ3n) is 3.57. The monoisotopic (exact) mass is 372 g/mol. The Morgan fingerprint density at radius 2 is 1.54 bits per heavy atom. The van der Waals surface area contributed by atoms with E-state index in [1.165, 1.54) is 43.3 Å². The Bertz CT molecular complexity index is 770. The quantitative estimate of drug-likeness (QED) is 0.347. The molecule has 0 aliphatic rings. The molecule has 0 heterocycles. The smallest absolute Gasteiger partial charge is 0.388 e. The predicted molar refractivity (Wildman–Crippen MR) is 88.6 cm³/mol. The fourth-order valence-corrected chi connectivity index (χ4v) is 4.18. The number of rotatable bonds is 5. The molecule has 0 aliphatic heterocycles. The molecule has 0 saturated carbocycles. The molecule has 0 spiro atoms. The Balaban J connectivity index is 2.49. The van der Waals surface area contributed by atoms with Gasteiger partial charge in [0.25, 0.3) is 0 Å². The van der Waals surface area contributed by atoms with Gasteiger partial charge < -0.3 is 30.2 Å². The Morgan fingerprint density at radius 3 is 2.08 bits per heavy atom. The zero-order chi connectivity index (χ0) is 18.1. The fraction of sp³-hybridized carbons (Fsp3) is 0.200. The lowest BCUT2D eigenvalue weighted by Crippen LogP contribution is -2.32. The minimum atomic E-state index is -4.53. The average Bonchev–Trinajstić information content (AvgIpc) is 2.47. The largest absolute Gasteiger partial charge is 0.508 e. The molecule has 0 bridgehead atoms. The van der Waals surface area contributed by atoms with E-state index < -0.39 is 18.5 Å². The Morgan fingerprint density at radius 1 is 1.00 bits per heavy atom. The number of phenols is 2. The molecular weight excluding hydrogens is 355 g/mol. The van der Waals surface area contributed by atoms with Gasteiger partial charge in [0.1, 0.15) is 11.5 Å². The van der Waals surface area contributed by atoms with E-state index in [0.29, 0.717) is 5.56 Å². The summed E-state index contributed by atoms with van der Waals surface area (Å²) in [6, 6.07) is 9.22. The van der Waals surface area contributed by atoms with E-state index in [2.05, 4.69) is 0 Å². The average molecular weight is 372 g/mol. The van der Waals surface area contributed by atoms with Crippen LogP contribution in [0.2, 0.25) is 0 Å². The third kappa shape index (κ3) is 4.30. The molecule has 6 N–H and O–H groups in total. The van der Waals surface area contributed by atoms with Gasteiger partial charge in [-0.05, 0) is 47.3 Å². The van der Waals surface area contributed by atoms with Crippen molar-refractivity contribution >= 4 is 18.2 Å². The second-order valence-electron chi connectivity index (χ2n) is 5.30. The van der Waals surface area contributed by atoms with Crippen LogP contribution < -0.4 is 0 Å². The molecule has 130 valence electrons. The van der Waals surface area contributed by atoms with Crippen molar-refractivity contribution in [3.05, 3.63) is 53.6 Å². The summed E-state index contributed by atoms with van der Waals surface area (Å²) >= 11 is 0.174. The van der Waals surface area contributed by atoms with Crippen molar-refractivity contribution in [1.82, 2.24) is 0 Å². The van der Waals surface area contributed by atoms with Crippen molar-refractivity contribution in [3.63, 3.8) is 0 Å². The highest BCUT2D eigenvalue weighted by Gasteiger charge is 2.38. The molecule has 1 unspecified atom stereocenters. The van der Waals surface area contributed by atoms with Crippen LogP contribution in [0, 0.1) is 0 Å². The molecule has 9 heteroatoms. The number of aliphatic hydroxyl groups is 2. The van der Waals surface area contributed by atoms with E-state index in [4.69, 9.17) is 9.79 Å². The topological polar surface area (TPSA) is 138 Å². The van der Waals surface area contributed by atoms with Crippen LogP contribution in [0.3, 0.4) is 0 Å². The Hall–Kier alpha value is -1.54. The molecule has 0 saturated heterocycles. The van der Waals surface area contributed by atoms with E-state index in [-0.39, 0.29) is 33.3 Å². The van der Waals surface area contributed by atoms with Crippen LogP contribution in [0.25, 0.3) is 0 Å². The first-order chi connectivity index (χ1) is 11.0. The number of phenolic OH excluding ortho intramolecular Hbond substituents is 2. The fourth-order valence-electron chi connectivity index (χ4n) is 2.24. The summed E-state index contributed by atoms with van der Waals surface area (Å²) in [4.78, 5) is 18.2. The molecule has 2 aromatic carbocycles. The van der Waals surface area contributed by atoms with Gasteiger partial charge in [-0.2, -0.15) is 0 Å². The van der Waals surface area contributed by atoms with Gasteiger partial charge in [0.15, 0.2) is 5.79 Å². The van der Waals surface area contributed by atoms with Gasteiger partial charge in [0, 0.05) is 16.4 Å². The molecule has 0 radical (unpaired) electrons. The lowest BCUT2D eigenvalue weighted by molar-refractivity contribution is -0.187. The SMILES string of the molecule is CC(c1ccc(O)cc1)C(O)(O)c1cc(O)ccc1SP(=O)(O)O. The van der Waals surface area contributed by atoms with Crippen molar-refractivity contribution in [1.29, 1.82) is 0 Å². The van der Waals surface area contributed by atoms with E-state index in [1.54, 1.807) is 0 Å². The Kier molecular flexibility index (Phi) is 5.29. The summed E-state index contributed by atoms with van der Waals surface area (Å²) in [6.07, 6.45) is 0. The van der Waals surface area contributed by atoms with Crippen molar-refractivity contribution in [3.8, 4) is 11.5 Å². The van der Waals surface area contributed by atoms with Crippen molar-refractivity contribution in [2.75, 3.05) is 0 Å². The molecule has 0 amide bonds. The lowest BCUT2D eigenvalue weighted by atomic mass is 9.87. The first-order valence-corrected chi connectivity index (χ1v) is 9.86. The summed E-state index contributed by atoms with van der Waals surface area (Å²) < 4.78 is 11.2. The molecule has 1 atom stereocenters. The summed E-state index contributed by atoms with van der Waals surface area (Å²) in [7, 11) is 0. The Labute approximate surface area is 142 Å². The summed E-state index contributed by atoms with van der Waals surface area (Å²) in [6.45, 7) is -3.03. The molecule has 2 aromatic rings. The zero-order valence-electron chi connectivity index (χ0n) is 12.6. The molecule has 0 fully saturated rings. The van der Waals surface area contributed by atoms with Crippen LogP contribution in [0.5, 0.6) is 11.5 Å². The highest BCUT2D eigenvalue weighted by Crippen LogP contribution is 2.57. The van der Waals surface area contributed by atoms with E-state index in [9.17, 15) is 25.0 Å². The summed E-state index contributed by atoms with van der Waals surface area (Å²) in [5, 5.41) is 40.1. The second kappa shape index (κ2) is 6.76. The zero-order valence-corrected chi connectivity index (χ0v) is 14.3. The summed E-state index contributed by atoms with van der Waals surface area (Å²) in [5.74, 6) is -3.67. The number of aromatic hydroxyl groups is 2. The molecule has 2 rings (SSSR count). The second-order valence-corrected chi connectivity index (χ2v) is 8.88. The standard InChI is InChI=1S/C15H17O7PS/c1-9(10-2-4-11(16)5-3-10)15(18,19)13-8-12(17)6-7-14(13)24-23(20,21)22/h2-9,16-19H,1H3,(H2,20,21,22). The van der Waals surface area contributed by atoms with E-state index in [0.717, 1.165) is 6.07 Å². The number of benzene rings is 2. The van der Waals surface area contributed by atoms with Gasteiger partial charge in [-0.1, -0.05) is 19.1 Å². The van der Waals surface area contributed by atoms with E-state index >= 15 is 0 Å². The highest BCUT2D eigenvalue weighted by molar-refractivity contribution is 8.54. The van der Waals surface area contributed by atoms with Crippen molar-refractivity contribution in [2.24, 2.45) is 0 Å². The first-order valence-electron chi connectivity index (χ1n) is 6.83. The van der Waals surface area contributed by atoms with Gasteiger partial charge >= 0.3 is 6.80 Å². The van der Waals surface area contributed by atoms with Gasteiger partial charge in [-0.15, -0.1) is 0 Å². The van der Waals surface area contributed by atoms with Crippen molar-refractivity contribution < 1.29 is 34.8 Å². The van der Waals surface area contributed by atoms with Gasteiger partial charge in [0.2, 0.25) is 0 Å². The van der Waals surface area contributed by atoms with Gasteiger partial charge in [-0.3, -0.25) is 0 Å². The normalized spacial score (nSPS) is 13.7. The predicted octanol–water partition coefficient (Wildman–Crippen LogP) is 2.22. The number of hydrogen-bond acceptors (Lipinski definition) is 6. The minimum Gasteiger partial charge on any atom is -0.508 e. The molecule has 0 aliphatic carbocycles. The highest BCUT2D eigenvalue weighted by atomic mass is 32.7. The van der Waals surface area contributed by atoms with Crippen LogP contribution in [-0.4, -0.2) is 30.2 Å². The van der Waals surface area contributed by atoms with Crippen LogP contribution in [0.1, 0.15) is 24.0 Å². The van der Waals surface area contributed by atoms with Crippen LogP contribution in [0.4, 0.5) is 0 Å². The van der Waals surface area contributed by atoms with Crippen molar-refractivity contribution in [2.45, 2.75) is 23.5 Å².